The van der Waals surface area contributed by atoms with E-state index in [1.165, 1.54) is 14.2 Å². The molecule has 0 spiro atoms. The number of carbonyl (C=O) groups is 1. The third kappa shape index (κ3) is 3.42. The molecule has 5 nitrogen and oxygen atoms in total. The molecule has 0 heterocycles. The lowest BCUT2D eigenvalue weighted by Gasteiger charge is -2.10. The summed E-state index contributed by atoms with van der Waals surface area (Å²) in [6.07, 6.45) is 0. The minimum absolute atomic E-state index is 0.156. The van der Waals surface area contributed by atoms with Crippen molar-refractivity contribution in [2.24, 2.45) is 0 Å². The molecular formula is C15H14FNO4. The Morgan fingerprint density at radius 3 is 2.29 bits per heavy atom. The molecule has 21 heavy (non-hydrogen) atoms. The van der Waals surface area contributed by atoms with E-state index in [4.69, 9.17) is 9.47 Å². The Kier molecular flexibility index (Phi) is 4.27. The van der Waals surface area contributed by atoms with Crippen LogP contribution in [0.1, 0.15) is 10.4 Å². The van der Waals surface area contributed by atoms with Gasteiger partial charge in [0, 0.05) is 23.9 Å². The van der Waals surface area contributed by atoms with Crippen molar-refractivity contribution in [2.75, 3.05) is 19.5 Å². The number of aromatic hydroxyl groups is 1. The number of methoxy groups -OCH3 is 2. The molecule has 0 bridgehead atoms. The van der Waals surface area contributed by atoms with Crippen molar-refractivity contribution in [3.63, 3.8) is 0 Å². The first kappa shape index (κ1) is 14.6. The maximum atomic E-state index is 13.2. The number of anilines is 1. The molecule has 0 aromatic heterocycles. The highest BCUT2D eigenvalue weighted by molar-refractivity contribution is 6.06. The van der Waals surface area contributed by atoms with Gasteiger partial charge in [0.05, 0.1) is 19.8 Å². The van der Waals surface area contributed by atoms with E-state index < -0.39 is 11.7 Å². The summed E-state index contributed by atoms with van der Waals surface area (Å²) in [6.45, 7) is 0. The van der Waals surface area contributed by atoms with Gasteiger partial charge in [0.15, 0.2) is 0 Å². The van der Waals surface area contributed by atoms with Crippen molar-refractivity contribution in [1.82, 2.24) is 0 Å². The van der Waals surface area contributed by atoms with Crippen molar-refractivity contribution >= 4 is 11.6 Å². The molecular weight excluding hydrogens is 277 g/mol. The van der Waals surface area contributed by atoms with E-state index in [0.29, 0.717) is 17.2 Å². The van der Waals surface area contributed by atoms with E-state index in [1.807, 2.05) is 0 Å². The molecule has 2 rings (SSSR count). The number of benzene rings is 2. The number of phenolic OH excluding ortho intramolecular Hbond substituents is 1. The largest absolute Gasteiger partial charge is 0.507 e. The molecule has 0 fully saturated rings. The van der Waals surface area contributed by atoms with Crippen LogP contribution in [0.3, 0.4) is 0 Å². The van der Waals surface area contributed by atoms with Crippen LogP contribution in [0.25, 0.3) is 0 Å². The molecule has 0 saturated heterocycles. The monoisotopic (exact) mass is 291 g/mol. The molecule has 1 amide bonds. The number of amides is 1. The predicted molar refractivity (Wildman–Crippen MR) is 75.6 cm³/mol. The van der Waals surface area contributed by atoms with Gasteiger partial charge in [-0.05, 0) is 18.2 Å². The minimum Gasteiger partial charge on any atom is -0.507 e. The third-order valence-corrected chi connectivity index (χ3v) is 2.81. The van der Waals surface area contributed by atoms with Gasteiger partial charge in [-0.2, -0.15) is 0 Å². The van der Waals surface area contributed by atoms with E-state index in [0.717, 1.165) is 18.2 Å². The van der Waals surface area contributed by atoms with E-state index in [2.05, 4.69) is 5.32 Å². The summed E-state index contributed by atoms with van der Waals surface area (Å²) in [5.74, 6) is -0.562. The zero-order chi connectivity index (χ0) is 15.4. The van der Waals surface area contributed by atoms with Gasteiger partial charge in [-0.3, -0.25) is 4.79 Å². The zero-order valence-corrected chi connectivity index (χ0v) is 11.5. The van der Waals surface area contributed by atoms with Crippen molar-refractivity contribution in [2.45, 2.75) is 0 Å². The average Bonchev–Trinajstić information content (AvgIpc) is 2.49. The van der Waals surface area contributed by atoms with Crippen LogP contribution in [0.2, 0.25) is 0 Å². The van der Waals surface area contributed by atoms with Gasteiger partial charge in [0.1, 0.15) is 23.1 Å². The highest BCUT2D eigenvalue weighted by atomic mass is 19.1. The van der Waals surface area contributed by atoms with Gasteiger partial charge in [-0.25, -0.2) is 4.39 Å². The summed E-state index contributed by atoms with van der Waals surface area (Å²) in [4.78, 5) is 12.1. The first-order valence-corrected chi connectivity index (χ1v) is 6.06. The van der Waals surface area contributed by atoms with Crippen LogP contribution in [-0.2, 0) is 0 Å². The lowest BCUT2D eigenvalue weighted by molar-refractivity contribution is 0.102. The van der Waals surface area contributed by atoms with Crippen LogP contribution in [0.4, 0.5) is 10.1 Å². The number of halogens is 1. The number of carbonyl (C=O) groups excluding carboxylic acids is 1. The lowest BCUT2D eigenvalue weighted by Crippen LogP contribution is -2.12. The molecule has 0 atom stereocenters. The van der Waals surface area contributed by atoms with Crippen LogP contribution in [0.5, 0.6) is 17.2 Å². The molecule has 0 aliphatic carbocycles. The molecule has 2 N–H and O–H groups in total. The summed E-state index contributed by atoms with van der Waals surface area (Å²) < 4.78 is 23.3. The normalized spacial score (nSPS) is 10.0. The Hall–Kier alpha value is -2.76. The fourth-order valence-electron chi connectivity index (χ4n) is 1.77. The van der Waals surface area contributed by atoms with Crippen LogP contribution < -0.4 is 14.8 Å². The Bertz CT molecular complexity index is 650. The molecule has 6 heteroatoms. The summed E-state index contributed by atoms with van der Waals surface area (Å²) in [5, 5.41) is 12.2. The van der Waals surface area contributed by atoms with Crippen molar-refractivity contribution < 1.29 is 23.8 Å². The van der Waals surface area contributed by atoms with Crippen LogP contribution in [-0.4, -0.2) is 25.2 Å². The Morgan fingerprint density at radius 1 is 1.10 bits per heavy atom. The Balaban J connectivity index is 2.28. The topological polar surface area (TPSA) is 67.8 Å². The maximum absolute atomic E-state index is 13.2. The number of hydrogen-bond acceptors (Lipinski definition) is 4. The average molecular weight is 291 g/mol. The summed E-state index contributed by atoms with van der Waals surface area (Å²) in [7, 11) is 2.97. The summed E-state index contributed by atoms with van der Waals surface area (Å²) >= 11 is 0. The van der Waals surface area contributed by atoms with E-state index in [-0.39, 0.29) is 11.3 Å². The second-order valence-electron chi connectivity index (χ2n) is 4.22. The van der Waals surface area contributed by atoms with Gasteiger partial charge in [-0.15, -0.1) is 0 Å². The molecule has 0 aliphatic rings. The lowest BCUT2D eigenvalue weighted by atomic mass is 10.1. The quantitative estimate of drug-likeness (QED) is 0.909. The molecule has 110 valence electrons. The number of hydrogen-bond donors (Lipinski definition) is 2. The number of rotatable bonds is 4. The molecule has 0 saturated carbocycles. The van der Waals surface area contributed by atoms with Gasteiger partial charge >= 0.3 is 0 Å². The van der Waals surface area contributed by atoms with Gasteiger partial charge in [0.25, 0.3) is 5.91 Å². The SMILES string of the molecule is COc1cc(NC(=O)c2cc(F)ccc2O)cc(OC)c1. The number of ether oxygens (including phenoxy) is 2. The molecule has 2 aromatic rings. The predicted octanol–water partition coefficient (Wildman–Crippen LogP) is 2.80. The number of phenols is 1. The first-order chi connectivity index (χ1) is 10.0. The van der Waals surface area contributed by atoms with E-state index in [1.54, 1.807) is 18.2 Å². The van der Waals surface area contributed by atoms with Crippen LogP contribution in [0.15, 0.2) is 36.4 Å². The smallest absolute Gasteiger partial charge is 0.259 e. The molecule has 0 radical (unpaired) electrons. The maximum Gasteiger partial charge on any atom is 0.259 e. The van der Waals surface area contributed by atoms with Gasteiger partial charge < -0.3 is 19.9 Å². The number of nitrogens with one attached hydrogen (secondary N) is 1. The second kappa shape index (κ2) is 6.13. The Labute approximate surface area is 120 Å². The van der Waals surface area contributed by atoms with E-state index in [9.17, 15) is 14.3 Å². The highest BCUT2D eigenvalue weighted by Gasteiger charge is 2.13. The van der Waals surface area contributed by atoms with Crippen LogP contribution >= 0.6 is 0 Å². The standard InChI is InChI=1S/C15H14FNO4/c1-20-11-6-10(7-12(8-11)21-2)17-15(19)13-5-9(16)3-4-14(13)18/h3-8,18H,1-2H3,(H,17,19). The fraction of sp³-hybridized carbons (Fsp3) is 0.133. The van der Waals surface area contributed by atoms with Crippen molar-refractivity contribution in [1.29, 1.82) is 0 Å². The first-order valence-electron chi connectivity index (χ1n) is 6.06. The van der Waals surface area contributed by atoms with Crippen LogP contribution in [0, 0.1) is 5.82 Å². The highest BCUT2D eigenvalue weighted by Crippen LogP contribution is 2.27. The minimum atomic E-state index is -0.637. The van der Waals surface area contributed by atoms with E-state index >= 15 is 0 Å². The molecule has 0 unspecified atom stereocenters. The van der Waals surface area contributed by atoms with Gasteiger partial charge in [0.2, 0.25) is 0 Å². The third-order valence-electron chi connectivity index (χ3n) is 2.81. The summed E-state index contributed by atoms with van der Waals surface area (Å²) in [6, 6.07) is 7.96. The Morgan fingerprint density at radius 2 is 1.71 bits per heavy atom. The fourth-order valence-corrected chi connectivity index (χ4v) is 1.77. The molecule has 2 aromatic carbocycles. The summed E-state index contributed by atoms with van der Waals surface area (Å²) in [5.41, 5.74) is 0.247. The van der Waals surface area contributed by atoms with Gasteiger partial charge in [-0.1, -0.05) is 0 Å². The zero-order valence-electron chi connectivity index (χ0n) is 11.5. The van der Waals surface area contributed by atoms with Crippen molar-refractivity contribution in [3.8, 4) is 17.2 Å². The molecule has 0 aliphatic heterocycles. The van der Waals surface area contributed by atoms with Crippen molar-refractivity contribution in [3.05, 3.63) is 47.8 Å². The second-order valence-corrected chi connectivity index (χ2v) is 4.22.